The van der Waals surface area contributed by atoms with E-state index in [-0.39, 0.29) is 67.0 Å². The lowest BCUT2D eigenvalue weighted by atomic mass is 9.88. The molecule has 39 heavy (non-hydrogen) atoms. The summed E-state index contributed by atoms with van der Waals surface area (Å²) in [7, 11) is 1.23. The molecule has 1 rings (SSSR count). The Labute approximate surface area is 233 Å². The van der Waals surface area contributed by atoms with E-state index in [0.717, 1.165) is 6.42 Å². The first kappa shape index (κ1) is 34.1. The number of hydrogen-bond donors (Lipinski definition) is 1. The minimum atomic E-state index is -1.51. The van der Waals surface area contributed by atoms with Gasteiger partial charge >= 0.3 is 23.9 Å². The topological polar surface area (TPSA) is 131 Å². The molecule has 3 unspecified atom stereocenters. The quantitative estimate of drug-likeness (QED) is 0.240. The minimum Gasteiger partial charge on any atom is -0.468 e. The molecule has 0 radical (unpaired) electrons. The van der Waals surface area contributed by atoms with Crippen molar-refractivity contribution in [2.24, 2.45) is 35.3 Å². The smallest absolute Gasteiger partial charge is 0.326 e. The standard InChI is InChI=1S/C30H47NO8/c1-10-20(6)15-26(32)37-14-13-30(31,29(35)36-9)17-23-11-12-24(38-27(33)21(7)18(2)3)25(16-23)39-28(34)22(8)19(4)5/h11-12,16,18-22H,10,13-15,17,31H2,1-9H3/t20?,21?,22?,30-/m1/s1. The number of hydrogen-bond acceptors (Lipinski definition) is 9. The molecule has 0 spiro atoms. The van der Waals surface area contributed by atoms with E-state index in [4.69, 9.17) is 24.7 Å². The second kappa shape index (κ2) is 15.6. The Morgan fingerprint density at radius 1 is 0.872 bits per heavy atom. The number of ether oxygens (including phenoxy) is 4. The highest BCUT2D eigenvalue weighted by Gasteiger charge is 2.36. The second-order valence-electron chi connectivity index (χ2n) is 11.2. The zero-order chi connectivity index (χ0) is 29.9. The monoisotopic (exact) mass is 549 g/mol. The molecule has 0 amide bonds. The fourth-order valence-electron chi connectivity index (χ4n) is 3.44. The Balaban J connectivity index is 3.24. The maximum absolute atomic E-state index is 12.8. The Hall–Kier alpha value is -2.94. The van der Waals surface area contributed by atoms with Crippen molar-refractivity contribution in [1.29, 1.82) is 0 Å². The predicted octanol–water partition coefficient (Wildman–Crippen LogP) is 4.86. The van der Waals surface area contributed by atoms with Gasteiger partial charge in [0.15, 0.2) is 11.5 Å². The molecule has 0 bridgehead atoms. The van der Waals surface area contributed by atoms with E-state index >= 15 is 0 Å². The number of rotatable bonds is 15. The highest BCUT2D eigenvalue weighted by atomic mass is 16.6. The third kappa shape index (κ3) is 10.6. The molecular weight excluding hydrogens is 502 g/mol. The number of carbonyl (C=O) groups excluding carboxylic acids is 4. The first-order valence-corrected chi connectivity index (χ1v) is 13.7. The molecule has 220 valence electrons. The van der Waals surface area contributed by atoms with Gasteiger partial charge in [-0.25, -0.2) is 0 Å². The largest absolute Gasteiger partial charge is 0.468 e. The van der Waals surface area contributed by atoms with Gasteiger partial charge in [0.1, 0.15) is 5.54 Å². The van der Waals surface area contributed by atoms with E-state index in [0.29, 0.717) is 5.56 Å². The van der Waals surface area contributed by atoms with E-state index in [1.165, 1.54) is 19.2 Å². The van der Waals surface area contributed by atoms with Crippen molar-refractivity contribution in [3.05, 3.63) is 23.8 Å². The van der Waals surface area contributed by atoms with Crippen molar-refractivity contribution in [3.63, 3.8) is 0 Å². The molecule has 9 nitrogen and oxygen atoms in total. The first-order valence-electron chi connectivity index (χ1n) is 13.7. The molecule has 0 aliphatic rings. The SMILES string of the molecule is CCC(C)CC(=O)OCC[C@@](N)(Cc1ccc(OC(=O)C(C)C(C)C)c(OC(=O)C(C)C(C)C)c1)C(=O)OC. The number of nitrogens with two attached hydrogens (primary N) is 1. The first-order chi connectivity index (χ1) is 18.1. The van der Waals surface area contributed by atoms with Crippen LogP contribution in [0.1, 0.15) is 80.2 Å². The molecule has 0 saturated heterocycles. The van der Waals surface area contributed by atoms with Crippen molar-refractivity contribution in [2.45, 2.75) is 86.6 Å². The van der Waals surface area contributed by atoms with Crippen LogP contribution in [0.3, 0.4) is 0 Å². The summed E-state index contributed by atoms with van der Waals surface area (Å²) >= 11 is 0. The van der Waals surface area contributed by atoms with Crippen molar-refractivity contribution in [3.8, 4) is 11.5 Å². The number of methoxy groups -OCH3 is 1. The maximum Gasteiger partial charge on any atom is 0.326 e. The van der Waals surface area contributed by atoms with Gasteiger partial charge < -0.3 is 24.7 Å². The minimum absolute atomic E-state index is 0.00347. The highest BCUT2D eigenvalue weighted by Crippen LogP contribution is 2.32. The van der Waals surface area contributed by atoms with E-state index < -0.39 is 29.4 Å². The van der Waals surface area contributed by atoms with Gasteiger partial charge in [-0.3, -0.25) is 19.2 Å². The van der Waals surface area contributed by atoms with Crippen molar-refractivity contribution in [2.75, 3.05) is 13.7 Å². The summed E-state index contributed by atoms with van der Waals surface area (Å²) in [4.78, 5) is 50.2. The zero-order valence-electron chi connectivity index (χ0n) is 25.0. The van der Waals surface area contributed by atoms with Crippen LogP contribution in [0.4, 0.5) is 0 Å². The average molecular weight is 550 g/mol. The predicted molar refractivity (Wildman–Crippen MR) is 148 cm³/mol. The Kier molecular flexibility index (Phi) is 13.6. The van der Waals surface area contributed by atoms with E-state index in [9.17, 15) is 19.2 Å². The second-order valence-corrected chi connectivity index (χ2v) is 11.2. The average Bonchev–Trinajstić information content (AvgIpc) is 2.88. The van der Waals surface area contributed by atoms with Crippen LogP contribution in [0.5, 0.6) is 11.5 Å². The summed E-state index contributed by atoms with van der Waals surface area (Å²) in [5.74, 6) is -2.29. The van der Waals surface area contributed by atoms with Gasteiger partial charge in [-0.15, -0.1) is 0 Å². The summed E-state index contributed by atoms with van der Waals surface area (Å²) in [6.45, 7) is 15.1. The van der Waals surface area contributed by atoms with Crippen molar-refractivity contribution in [1.82, 2.24) is 0 Å². The van der Waals surface area contributed by atoms with Gasteiger partial charge in [-0.05, 0) is 35.4 Å². The third-order valence-electron chi connectivity index (χ3n) is 7.31. The molecule has 0 saturated carbocycles. The van der Waals surface area contributed by atoms with Gasteiger partial charge in [0.2, 0.25) is 0 Å². The molecule has 4 atom stereocenters. The maximum atomic E-state index is 12.8. The molecule has 0 fully saturated rings. The van der Waals surface area contributed by atoms with Gasteiger partial charge in [-0.2, -0.15) is 0 Å². The Morgan fingerprint density at radius 3 is 1.90 bits per heavy atom. The Morgan fingerprint density at radius 2 is 1.41 bits per heavy atom. The fourth-order valence-corrected chi connectivity index (χ4v) is 3.44. The molecule has 2 N–H and O–H groups in total. The summed E-state index contributed by atoms with van der Waals surface area (Å²) < 4.78 is 21.5. The lowest BCUT2D eigenvalue weighted by molar-refractivity contribution is -0.151. The molecule has 0 aromatic heterocycles. The molecule has 1 aromatic rings. The van der Waals surface area contributed by atoms with Crippen LogP contribution >= 0.6 is 0 Å². The molecule has 0 aliphatic carbocycles. The molecular formula is C30H47NO8. The number of carbonyl (C=O) groups is 4. The normalized spacial score (nSPS) is 15.2. The summed E-state index contributed by atoms with van der Waals surface area (Å²) in [6, 6.07) is 4.70. The lowest BCUT2D eigenvalue weighted by Gasteiger charge is -2.27. The lowest BCUT2D eigenvalue weighted by Crippen LogP contribution is -2.51. The van der Waals surface area contributed by atoms with Crippen molar-refractivity contribution >= 4 is 23.9 Å². The fraction of sp³-hybridized carbons (Fsp3) is 0.667. The van der Waals surface area contributed by atoms with E-state index in [2.05, 4.69) is 0 Å². The van der Waals surface area contributed by atoms with Crippen LogP contribution in [-0.2, 0) is 35.1 Å². The number of esters is 4. The number of benzene rings is 1. The van der Waals surface area contributed by atoms with Gasteiger partial charge in [-0.1, -0.05) is 67.9 Å². The van der Waals surface area contributed by atoms with Gasteiger partial charge in [0.25, 0.3) is 0 Å². The van der Waals surface area contributed by atoms with E-state index in [1.807, 2.05) is 41.5 Å². The summed E-state index contributed by atoms with van der Waals surface area (Å²) in [5, 5.41) is 0. The third-order valence-corrected chi connectivity index (χ3v) is 7.31. The highest BCUT2D eigenvalue weighted by molar-refractivity contribution is 5.81. The summed E-state index contributed by atoms with van der Waals surface area (Å²) in [5.41, 5.74) is 5.51. The van der Waals surface area contributed by atoms with Crippen LogP contribution in [-0.4, -0.2) is 43.1 Å². The van der Waals surface area contributed by atoms with Crippen LogP contribution in [0.25, 0.3) is 0 Å². The molecule has 0 heterocycles. The van der Waals surface area contributed by atoms with E-state index in [1.54, 1.807) is 19.9 Å². The molecule has 9 heteroatoms. The van der Waals surface area contributed by atoms with Crippen LogP contribution in [0, 0.1) is 29.6 Å². The van der Waals surface area contributed by atoms with Crippen LogP contribution < -0.4 is 15.2 Å². The van der Waals surface area contributed by atoms with Gasteiger partial charge in [0, 0.05) is 19.3 Å². The Bertz CT molecular complexity index is 989. The molecule has 1 aromatic carbocycles. The van der Waals surface area contributed by atoms with Crippen LogP contribution in [0.15, 0.2) is 18.2 Å². The van der Waals surface area contributed by atoms with Crippen molar-refractivity contribution < 1.29 is 38.1 Å². The molecule has 0 aliphatic heterocycles. The summed E-state index contributed by atoms with van der Waals surface area (Å²) in [6.07, 6.45) is 1.16. The van der Waals surface area contributed by atoms with Crippen LogP contribution in [0.2, 0.25) is 0 Å². The zero-order valence-corrected chi connectivity index (χ0v) is 25.0. The van der Waals surface area contributed by atoms with Gasteiger partial charge in [0.05, 0.1) is 25.6 Å².